The lowest BCUT2D eigenvalue weighted by Crippen LogP contribution is -2.23. The standard InChI is InChI=1S/C14H19NO.C9H17NO.C7H13NO/c1-16-13-10-15(11-14(13)7-8-14)9-12-5-3-2-4-6-12;11-7-1-5-10-6-4-9(8-10)2-3-9;1-9-6-4-8-5-7(6)2-3-7/h2-6,13H,7-11H2,1H3;11H,1-8H2;6,8H,2-5H2,1H3. The van der Waals surface area contributed by atoms with Crippen molar-refractivity contribution in [3.63, 3.8) is 0 Å². The number of aliphatic hydroxyl groups is 1. The summed E-state index contributed by atoms with van der Waals surface area (Å²) in [6.07, 6.45) is 11.7. The van der Waals surface area contributed by atoms with Crippen molar-refractivity contribution in [3.8, 4) is 0 Å². The molecule has 0 radical (unpaired) electrons. The van der Waals surface area contributed by atoms with Gasteiger partial charge in [0, 0.05) is 77.5 Å². The van der Waals surface area contributed by atoms with Gasteiger partial charge >= 0.3 is 0 Å². The molecular weight excluding hydrogens is 450 g/mol. The molecule has 3 saturated carbocycles. The van der Waals surface area contributed by atoms with E-state index in [0.717, 1.165) is 38.0 Å². The molecule has 6 nitrogen and oxygen atoms in total. The summed E-state index contributed by atoms with van der Waals surface area (Å²) in [5.74, 6) is 0. The molecular formula is C30H49N3O3. The van der Waals surface area contributed by atoms with Crippen molar-refractivity contribution in [1.82, 2.24) is 15.1 Å². The smallest absolute Gasteiger partial charge is 0.0766 e. The van der Waals surface area contributed by atoms with Gasteiger partial charge in [-0.15, -0.1) is 0 Å². The quantitative estimate of drug-likeness (QED) is 0.599. The molecule has 6 heteroatoms. The highest BCUT2D eigenvalue weighted by Gasteiger charge is 2.55. The molecule has 3 heterocycles. The zero-order chi connectivity index (χ0) is 25.1. The van der Waals surface area contributed by atoms with E-state index in [4.69, 9.17) is 14.6 Å². The summed E-state index contributed by atoms with van der Waals surface area (Å²) in [5, 5.41) is 12.0. The molecule has 6 aliphatic rings. The second-order valence-electron chi connectivity index (χ2n) is 12.6. The zero-order valence-electron chi connectivity index (χ0n) is 22.7. The summed E-state index contributed by atoms with van der Waals surface area (Å²) in [7, 11) is 3.68. The summed E-state index contributed by atoms with van der Waals surface area (Å²) in [6.45, 7) is 9.70. The first-order valence-electron chi connectivity index (χ1n) is 14.4. The number of benzene rings is 1. The number of nitrogens with zero attached hydrogens (tertiary/aromatic N) is 2. The molecule has 2 atom stereocenters. The van der Waals surface area contributed by atoms with Gasteiger partial charge in [0.1, 0.15) is 0 Å². The van der Waals surface area contributed by atoms with Crippen molar-refractivity contribution in [2.24, 2.45) is 16.2 Å². The Bertz CT molecular complexity index is 822. The van der Waals surface area contributed by atoms with E-state index >= 15 is 0 Å². The Morgan fingerprint density at radius 3 is 2.14 bits per heavy atom. The molecule has 2 N–H and O–H groups in total. The van der Waals surface area contributed by atoms with E-state index in [1.54, 1.807) is 0 Å². The number of methoxy groups -OCH3 is 2. The van der Waals surface area contributed by atoms with Crippen LogP contribution in [0.2, 0.25) is 0 Å². The van der Waals surface area contributed by atoms with Crippen molar-refractivity contribution >= 4 is 0 Å². The van der Waals surface area contributed by atoms with Crippen molar-refractivity contribution in [3.05, 3.63) is 35.9 Å². The second kappa shape index (κ2) is 11.4. The van der Waals surface area contributed by atoms with Gasteiger partial charge in [-0.05, 0) is 68.9 Å². The summed E-state index contributed by atoms with van der Waals surface area (Å²) >= 11 is 0. The molecule has 0 aromatic heterocycles. The Hall–Kier alpha value is -1.02. The van der Waals surface area contributed by atoms with Gasteiger partial charge in [-0.25, -0.2) is 0 Å². The number of ether oxygens (including phenoxy) is 2. The minimum absolute atomic E-state index is 0.351. The second-order valence-corrected chi connectivity index (χ2v) is 12.6. The van der Waals surface area contributed by atoms with Gasteiger partial charge in [-0.1, -0.05) is 30.3 Å². The summed E-state index contributed by atoms with van der Waals surface area (Å²) < 4.78 is 10.9. The van der Waals surface area contributed by atoms with Crippen LogP contribution in [-0.2, 0) is 16.0 Å². The van der Waals surface area contributed by atoms with Crippen molar-refractivity contribution in [1.29, 1.82) is 0 Å². The van der Waals surface area contributed by atoms with Crippen LogP contribution in [-0.4, -0.2) is 93.8 Å². The van der Waals surface area contributed by atoms with Crippen molar-refractivity contribution < 1.29 is 14.6 Å². The molecule has 1 aromatic carbocycles. The fourth-order valence-corrected chi connectivity index (χ4v) is 6.84. The Balaban J connectivity index is 0.000000117. The SMILES string of the molecule is COC1CN(Cc2ccccc2)CC12CC2.COC1CNCC12CC2.OCCCN1CCC2(CC2)C1. The normalized spacial score (nSPS) is 30.2. The fourth-order valence-electron chi connectivity index (χ4n) is 6.84. The van der Waals surface area contributed by atoms with E-state index < -0.39 is 0 Å². The predicted molar refractivity (Wildman–Crippen MR) is 144 cm³/mol. The summed E-state index contributed by atoms with van der Waals surface area (Å²) in [4.78, 5) is 5.04. The van der Waals surface area contributed by atoms with Crippen LogP contribution >= 0.6 is 0 Å². The molecule has 3 aliphatic heterocycles. The number of aliphatic hydroxyl groups excluding tert-OH is 1. The highest BCUT2D eigenvalue weighted by Crippen LogP contribution is 2.54. The van der Waals surface area contributed by atoms with Crippen LogP contribution in [0.5, 0.6) is 0 Å². The van der Waals surface area contributed by atoms with E-state index in [1.807, 2.05) is 14.2 Å². The van der Waals surface area contributed by atoms with Gasteiger partial charge < -0.3 is 24.8 Å². The molecule has 36 heavy (non-hydrogen) atoms. The van der Waals surface area contributed by atoms with Crippen molar-refractivity contribution in [2.45, 2.75) is 70.1 Å². The lowest BCUT2D eigenvalue weighted by Gasteiger charge is -2.15. The topological polar surface area (TPSA) is 57.2 Å². The average Bonchev–Trinajstić information content (AvgIpc) is 3.83. The van der Waals surface area contributed by atoms with Crippen LogP contribution in [0.15, 0.2) is 30.3 Å². The third-order valence-corrected chi connectivity index (χ3v) is 9.84. The number of hydrogen-bond acceptors (Lipinski definition) is 6. The van der Waals surface area contributed by atoms with Gasteiger partial charge in [0.05, 0.1) is 12.2 Å². The van der Waals surface area contributed by atoms with Gasteiger partial charge in [-0.3, -0.25) is 4.90 Å². The minimum Gasteiger partial charge on any atom is -0.396 e. The van der Waals surface area contributed by atoms with Gasteiger partial charge in [0.2, 0.25) is 0 Å². The lowest BCUT2D eigenvalue weighted by molar-refractivity contribution is 0.0696. The van der Waals surface area contributed by atoms with Crippen LogP contribution in [0, 0.1) is 16.2 Å². The average molecular weight is 500 g/mol. The predicted octanol–water partition coefficient (Wildman–Crippen LogP) is 3.54. The molecule has 0 bridgehead atoms. The van der Waals surface area contributed by atoms with Crippen LogP contribution in [0.4, 0.5) is 0 Å². The van der Waals surface area contributed by atoms with Gasteiger partial charge in [0.25, 0.3) is 0 Å². The molecule has 3 aliphatic carbocycles. The first-order chi connectivity index (χ1) is 17.5. The Morgan fingerprint density at radius 1 is 0.889 bits per heavy atom. The molecule has 7 rings (SSSR count). The first-order valence-corrected chi connectivity index (χ1v) is 14.4. The number of rotatable bonds is 7. The number of likely N-dealkylation sites (tertiary alicyclic amines) is 2. The van der Waals surface area contributed by atoms with E-state index in [1.165, 1.54) is 76.7 Å². The zero-order valence-corrected chi connectivity index (χ0v) is 22.7. The van der Waals surface area contributed by atoms with Crippen LogP contribution in [0.3, 0.4) is 0 Å². The number of hydrogen-bond donors (Lipinski definition) is 2. The first kappa shape index (κ1) is 26.6. The van der Waals surface area contributed by atoms with E-state index in [0.29, 0.717) is 29.6 Å². The minimum atomic E-state index is 0.351. The number of nitrogens with one attached hydrogen (secondary N) is 1. The summed E-state index contributed by atoms with van der Waals surface area (Å²) in [5.41, 5.74) is 3.27. The fraction of sp³-hybridized carbons (Fsp3) is 0.800. The maximum absolute atomic E-state index is 8.65. The Labute approximate surface area is 218 Å². The molecule has 3 saturated heterocycles. The van der Waals surface area contributed by atoms with Crippen LogP contribution in [0.1, 0.15) is 56.9 Å². The molecule has 0 amide bonds. The highest BCUT2D eigenvalue weighted by atomic mass is 16.5. The molecule has 2 unspecified atom stereocenters. The van der Waals surface area contributed by atoms with E-state index in [9.17, 15) is 0 Å². The Kier molecular flexibility index (Phi) is 8.41. The molecule has 1 aromatic rings. The van der Waals surface area contributed by atoms with E-state index in [-0.39, 0.29) is 0 Å². The van der Waals surface area contributed by atoms with Crippen LogP contribution < -0.4 is 5.32 Å². The van der Waals surface area contributed by atoms with E-state index in [2.05, 4.69) is 45.4 Å². The lowest BCUT2D eigenvalue weighted by atomic mass is 10.0. The Morgan fingerprint density at radius 2 is 1.61 bits per heavy atom. The third kappa shape index (κ3) is 6.33. The summed E-state index contributed by atoms with van der Waals surface area (Å²) in [6, 6.07) is 10.7. The molecule has 202 valence electrons. The maximum atomic E-state index is 8.65. The third-order valence-electron chi connectivity index (χ3n) is 9.84. The molecule has 6 fully saturated rings. The van der Waals surface area contributed by atoms with Gasteiger partial charge in [0.15, 0.2) is 0 Å². The van der Waals surface area contributed by atoms with Crippen molar-refractivity contribution in [2.75, 3.05) is 66.6 Å². The largest absolute Gasteiger partial charge is 0.396 e. The van der Waals surface area contributed by atoms with Crippen LogP contribution in [0.25, 0.3) is 0 Å². The van der Waals surface area contributed by atoms with Gasteiger partial charge in [-0.2, -0.15) is 0 Å². The molecule has 3 spiro atoms. The highest BCUT2D eigenvalue weighted by molar-refractivity contribution is 5.16. The monoisotopic (exact) mass is 499 g/mol. The maximum Gasteiger partial charge on any atom is 0.0766 e.